The highest BCUT2D eigenvalue weighted by molar-refractivity contribution is 6.41. The molecule has 6 nitrogen and oxygen atoms in total. The number of carbonyl (C=O) groups excluding carboxylic acids is 2. The number of allylic oxidation sites excluding steroid dienone is 1. The van der Waals surface area contributed by atoms with E-state index in [9.17, 15) is 14.7 Å². The normalized spacial score (nSPS) is 12.3. The van der Waals surface area contributed by atoms with Gasteiger partial charge in [-0.3, -0.25) is 4.99 Å². The van der Waals surface area contributed by atoms with E-state index in [4.69, 9.17) is 27.9 Å². The maximum atomic E-state index is 12.1. The second kappa shape index (κ2) is 8.70. The number of aliphatic hydroxyl groups excluding tert-OH is 1. The molecule has 0 saturated heterocycles. The maximum absolute atomic E-state index is 12.1. The molecule has 1 N–H and O–H groups in total. The lowest BCUT2D eigenvalue weighted by atomic mass is 10.2. The van der Waals surface area contributed by atoms with Gasteiger partial charge in [0, 0.05) is 6.21 Å². The number of methoxy groups -OCH3 is 1. The summed E-state index contributed by atoms with van der Waals surface area (Å²) in [4.78, 5) is 27.7. The standard InChI is InChI=1S/C16H17Cl2NO5/c1-8(2)24-16(22)13-11(17)5-6-12(14(13)18)19-7-10(9(3)20)15(21)23-4/h5-8,20H,1-4H3. The van der Waals surface area contributed by atoms with Crippen molar-refractivity contribution in [1.82, 2.24) is 0 Å². The Morgan fingerprint density at radius 2 is 1.92 bits per heavy atom. The van der Waals surface area contributed by atoms with Gasteiger partial charge >= 0.3 is 11.9 Å². The molecule has 0 aliphatic heterocycles. The van der Waals surface area contributed by atoms with Crippen LogP contribution in [-0.4, -0.2) is 36.5 Å². The first-order valence-corrected chi connectivity index (χ1v) is 7.65. The Morgan fingerprint density at radius 1 is 1.29 bits per heavy atom. The van der Waals surface area contributed by atoms with E-state index in [1.807, 2.05) is 0 Å². The largest absolute Gasteiger partial charge is 0.512 e. The van der Waals surface area contributed by atoms with Gasteiger partial charge in [-0.05, 0) is 32.9 Å². The molecule has 8 heteroatoms. The lowest BCUT2D eigenvalue weighted by Gasteiger charge is -2.11. The van der Waals surface area contributed by atoms with E-state index >= 15 is 0 Å². The fraction of sp³-hybridized carbons (Fsp3) is 0.312. The van der Waals surface area contributed by atoms with Crippen LogP contribution in [0.25, 0.3) is 0 Å². The van der Waals surface area contributed by atoms with Gasteiger partial charge in [0.25, 0.3) is 0 Å². The zero-order chi connectivity index (χ0) is 18.4. The Hall–Kier alpha value is -2.05. The third-order valence-electron chi connectivity index (χ3n) is 2.75. The van der Waals surface area contributed by atoms with Crippen molar-refractivity contribution in [3.05, 3.63) is 39.1 Å². The number of benzene rings is 1. The second-order valence-corrected chi connectivity index (χ2v) is 5.74. The minimum Gasteiger partial charge on any atom is -0.512 e. The van der Waals surface area contributed by atoms with Crippen molar-refractivity contribution >= 4 is 47.0 Å². The quantitative estimate of drug-likeness (QED) is 0.360. The zero-order valence-corrected chi connectivity index (χ0v) is 15.1. The van der Waals surface area contributed by atoms with Gasteiger partial charge in [-0.1, -0.05) is 23.2 Å². The van der Waals surface area contributed by atoms with Gasteiger partial charge in [0.05, 0.1) is 34.5 Å². The summed E-state index contributed by atoms with van der Waals surface area (Å²) in [5.74, 6) is -1.71. The molecule has 0 aromatic heterocycles. The van der Waals surface area contributed by atoms with Crippen molar-refractivity contribution in [2.75, 3.05) is 7.11 Å². The number of ether oxygens (including phenoxy) is 2. The van der Waals surface area contributed by atoms with Crippen LogP contribution in [0.3, 0.4) is 0 Å². The van der Waals surface area contributed by atoms with E-state index in [1.54, 1.807) is 13.8 Å². The molecule has 0 aliphatic carbocycles. The van der Waals surface area contributed by atoms with Crippen molar-refractivity contribution in [1.29, 1.82) is 0 Å². The van der Waals surface area contributed by atoms with Crippen molar-refractivity contribution in [3.63, 3.8) is 0 Å². The van der Waals surface area contributed by atoms with Gasteiger partial charge in [-0.15, -0.1) is 0 Å². The third kappa shape index (κ3) is 4.97. The first kappa shape index (κ1) is 20.0. The first-order valence-electron chi connectivity index (χ1n) is 6.90. The summed E-state index contributed by atoms with van der Waals surface area (Å²) in [6, 6.07) is 2.90. The van der Waals surface area contributed by atoms with Gasteiger partial charge in [0.15, 0.2) is 0 Å². The molecule has 0 spiro atoms. The molecule has 0 atom stereocenters. The van der Waals surface area contributed by atoms with E-state index in [0.29, 0.717) is 0 Å². The molecule has 0 heterocycles. The summed E-state index contributed by atoms with van der Waals surface area (Å²) in [5.41, 5.74) is 0.0141. The molecule has 0 saturated carbocycles. The average molecular weight is 374 g/mol. The molecule has 1 rings (SSSR count). The van der Waals surface area contributed by atoms with Crippen LogP contribution in [0.1, 0.15) is 31.1 Å². The summed E-state index contributed by atoms with van der Waals surface area (Å²) in [5, 5.41) is 9.60. The molecular weight excluding hydrogens is 357 g/mol. The minimum atomic E-state index is -0.761. The van der Waals surface area contributed by atoms with Crippen LogP contribution in [0.5, 0.6) is 0 Å². The number of rotatable bonds is 5. The average Bonchev–Trinajstić information content (AvgIpc) is 2.48. The number of hydrogen-bond donors (Lipinski definition) is 1. The highest BCUT2D eigenvalue weighted by atomic mass is 35.5. The van der Waals surface area contributed by atoms with Crippen molar-refractivity contribution in [3.8, 4) is 0 Å². The number of nitrogens with zero attached hydrogens (tertiary/aromatic N) is 1. The second-order valence-electron chi connectivity index (χ2n) is 4.96. The fourth-order valence-corrected chi connectivity index (χ4v) is 2.21. The first-order chi connectivity index (χ1) is 11.2. The molecule has 0 radical (unpaired) electrons. The monoisotopic (exact) mass is 373 g/mol. The van der Waals surface area contributed by atoms with Gasteiger partial charge in [-0.25, -0.2) is 9.59 Å². The van der Waals surface area contributed by atoms with E-state index in [0.717, 1.165) is 6.21 Å². The molecule has 0 unspecified atom stereocenters. The Labute approximate surface area is 149 Å². The summed E-state index contributed by atoms with van der Waals surface area (Å²) in [7, 11) is 1.18. The molecule has 0 fully saturated rings. The smallest absolute Gasteiger partial charge is 0.342 e. The summed E-state index contributed by atoms with van der Waals surface area (Å²) in [6.07, 6.45) is 0.746. The van der Waals surface area contributed by atoms with Crippen LogP contribution >= 0.6 is 23.2 Å². The number of halogens is 2. The number of esters is 2. The van der Waals surface area contributed by atoms with Crippen LogP contribution in [0, 0.1) is 0 Å². The minimum absolute atomic E-state index is 0.0222. The van der Waals surface area contributed by atoms with Gasteiger partial charge < -0.3 is 14.6 Å². The Kier molecular flexibility index (Phi) is 7.25. The molecule has 0 aliphatic rings. The SMILES string of the molecule is COC(=O)C(C=Nc1ccc(Cl)c(C(=O)OC(C)C)c1Cl)=C(C)O. The van der Waals surface area contributed by atoms with Crippen LogP contribution in [-0.2, 0) is 14.3 Å². The summed E-state index contributed by atoms with van der Waals surface area (Å²) in [6.45, 7) is 4.70. The summed E-state index contributed by atoms with van der Waals surface area (Å²) >= 11 is 12.2. The van der Waals surface area contributed by atoms with Crippen LogP contribution in [0.15, 0.2) is 28.5 Å². The number of carbonyl (C=O) groups is 2. The van der Waals surface area contributed by atoms with Gasteiger partial charge in [0.2, 0.25) is 0 Å². The molecule has 24 heavy (non-hydrogen) atoms. The van der Waals surface area contributed by atoms with E-state index < -0.39 is 11.9 Å². The van der Waals surface area contributed by atoms with Gasteiger partial charge in [-0.2, -0.15) is 0 Å². The highest BCUT2D eigenvalue weighted by Crippen LogP contribution is 2.34. The predicted octanol–water partition coefficient (Wildman–Crippen LogP) is 4.27. The molecule has 130 valence electrons. The van der Waals surface area contributed by atoms with Crippen LogP contribution in [0.4, 0.5) is 5.69 Å². The molecule has 0 bridgehead atoms. The maximum Gasteiger partial charge on any atom is 0.342 e. The molecule has 1 aromatic rings. The number of aliphatic imine (C=N–C) groups is 1. The van der Waals surface area contributed by atoms with Crippen molar-refractivity contribution < 1.29 is 24.2 Å². The Morgan fingerprint density at radius 3 is 2.42 bits per heavy atom. The zero-order valence-electron chi connectivity index (χ0n) is 13.6. The topological polar surface area (TPSA) is 85.2 Å². The van der Waals surface area contributed by atoms with E-state index in [2.05, 4.69) is 9.73 Å². The lowest BCUT2D eigenvalue weighted by molar-refractivity contribution is -0.135. The van der Waals surface area contributed by atoms with Crippen LogP contribution in [0.2, 0.25) is 10.0 Å². The number of hydrogen-bond acceptors (Lipinski definition) is 6. The van der Waals surface area contributed by atoms with E-state index in [1.165, 1.54) is 26.2 Å². The summed E-state index contributed by atoms with van der Waals surface area (Å²) < 4.78 is 9.63. The third-order valence-corrected chi connectivity index (χ3v) is 3.44. The predicted molar refractivity (Wildman–Crippen MR) is 92.5 cm³/mol. The van der Waals surface area contributed by atoms with Gasteiger partial charge in [0.1, 0.15) is 11.3 Å². The van der Waals surface area contributed by atoms with Crippen molar-refractivity contribution in [2.45, 2.75) is 26.9 Å². The van der Waals surface area contributed by atoms with E-state index in [-0.39, 0.29) is 38.7 Å². The molecular formula is C16H17Cl2NO5. The molecule has 1 aromatic carbocycles. The molecule has 0 amide bonds. The lowest BCUT2D eigenvalue weighted by Crippen LogP contribution is -2.12. The number of aliphatic hydroxyl groups is 1. The van der Waals surface area contributed by atoms with Crippen LogP contribution < -0.4 is 0 Å². The van der Waals surface area contributed by atoms with Crippen molar-refractivity contribution in [2.24, 2.45) is 4.99 Å². The Bertz CT molecular complexity index is 707. The Balaban J connectivity index is 3.28. The fourth-order valence-electron chi connectivity index (χ4n) is 1.64. The highest BCUT2D eigenvalue weighted by Gasteiger charge is 2.20.